The van der Waals surface area contributed by atoms with E-state index in [-0.39, 0.29) is 0 Å². The molecule has 5 rings (SSSR count). The van der Waals surface area contributed by atoms with E-state index in [4.69, 9.17) is 23.2 Å². The van der Waals surface area contributed by atoms with E-state index < -0.39 is 19.8 Å². The van der Waals surface area contributed by atoms with Gasteiger partial charge in [0.15, 0.2) is 0 Å². The summed E-state index contributed by atoms with van der Waals surface area (Å²) in [5, 5.41) is 1.63. The van der Waals surface area contributed by atoms with Gasteiger partial charge < -0.3 is 0 Å². The van der Waals surface area contributed by atoms with Crippen LogP contribution in [0.5, 0.6) is 0 Å². The van der Waals surface area contributed by atoms with Crippen LogP contribution < -0.4 is 0 Å². The van der Waals surface area contributed by atoms with Crippen LogP contribution in [0.3, 0.4) is 0 Å². The third-order valence-electron chi connectivity index (χ3n) is 6.38. The van der Waals surface area contributed by atoms with E-state index >= 15 is 0 Å². The zero-order valence-electron chi connectivity index (χ0n) is 16.9. The Kier molecular flexibility index (Phi) is 5.96. The van der Waals surface area contributed by atoms with Gasteiger partial charge in [-0.3, -0.25) is 0 Å². The summed E-state index contributed by atoms with van der Waals surface area (Å²) in [5.74, 6) is 0.969. The molecule has 2 aliphatic rings. The van der Waals surface area contributed by atoms with Gasteiger partial charge in [-0.15, -0.1) is 0 Å². The van der Waals surface area contributed by atoms with Crippen LogP contribution in [0, 0.1) is 3.57 Å². The standard InChI is InChI=1S/C27H25Cl2I/c1-2-3-18-16-25-23(19-4-8-21(28)9-5-19)12-14-30-15-13-24(26(17-18)27(25)30)20-6-10-22(29)11-7-20/h2,4-11,16-17,23-24H,1,3,12-15H2/t23-,24-/m0/s1. The van der Waals surface area contributed by atoms with Crippen molar-refractivity contribution in [3.05, 3.63) is 115 Å². The third-order valence-corrected chi connectivity index (χ3v) is 13.5. The van der Waals surface area contributed by atoms with Crippen LogP contribution in [0.2, 0.25) is 10.0 Å². The van der Waals surface area contributed by atoms with Crippen LogP contribution in [0.1, 0.15) is 52.5 Å². The van der Waals surface area contributed by atoms with E-state index in [1.54, 1.807) is 14.7 Å². The van der Waals surface area contributed by atoms with Gasteiger partial charge in [0.05, 0.1) is 0 Å². The number of hydrogen-bond acceptors (Lipinski definition) is 0. The zero-order chi connectivity index (χ0) is 20.7. The first-order valence-electron chi connectivity index (χ1n) is 10.5. The fourth-order valence-electron chi connectivity index (χ4n) is 4.99. The van der Waals surface area contributed by atoms with Crippen LogP contribution >= 0.6 is 43.0 Å². The van der Waals surface area contributed by atoms with Crippen molar-refractivity contribution in [1.29, 1.82) is 0 Å². The summed E-state index contributed by atoms with van der Waals surface area (Å²) < 4.78 is 4.61. The molecule has 0 fully saturated rings. The molecule has 0 saturated carbocycles. The zero-order valence-corrected chi connectivity index (χ0v) is 20.6. The molecule has 0 unspecified atom stereocenters. The maximum absolute atomic E-state index is 6.18. The molecular formula is C27H25Cl2I. The average molecular weight is 547 g/mol. The summed E-state index contributed by atoms with van der Waals surface area (Å²) in [6, 6.07) is 22.0. The topological polar surface area (TPSA) is 0 Å². The van der Waals surface area contributed by atoms with Crippen molar-refractivity contribution in [2.75, 3.05) is 8.86 Å². The molecule has 0 amide bonds. The molecule has 0 aromatic heterocycles. The van der Waals surface area contributed by atoms with Crippen molar-refractivity contribution in [3.63, 3.8) is 0 Å². The normalized spacial score (nSPS) is 21.2. The molecule has 2 heterocycles. The Hall–Kier alpha value is -1.29. The Bertz CT molecular complexity index is 991. The second-order valence-electron chi connectivity index (χ2n) is 8.20. The summed E-state index contributed by atoms with van der Waals surface area (Å²) in [4.78, 5) is 0. The quantitative estimate of drug-likeness (QED) is 0.175. The van der Waals surface area contributed by atoms with Gasteiger partial charge in [-0.05, 0) is 0 Å². The Morgan fingerprint density at radius 3 is 1.70 bits per heavy atom. The van der Waals surface area contributed by atoms with Gasteiger partial charge in [0.1, 0.15) is 0 Å². The van der Waals surface area contributed by atoms with Crippen LogP contribution in [-0.4, -0.2) is 8.86 Å². The summed E-state index contributed by atoms with van der Waals surface area (Å²) in [6.45, 7) is 4.01. The van der Waals surface area contributed by atoms with Crippen molar-refractivity contribution in [2.45, 2.75) is 31.1 Å². The number of hydrogen-bond donors (Lipinski definition) is 0. The molecule has 0 N–H and O–H groups in total. The Labute approximate surface area is 196 Å². The SMILES string of the molecule is C=CCc1cc2c3c(c1)[C@H](c1ccc(Cl)cc1)CCI3CC[C@H]2c1ccc(Cl)cc1. The second-order valence-corrected chi connectivity index (χ2v) is 14.9. The molecular weight excluding hydrogens is 522 g/mol. The number of benzene rings is 3. The number of alkyl halides is 2. The number of allylic oxidation sites excluding steroid dienone is 1. The van der Waals surface area contributed by atoms with Crippen LogP contribution in [0.4, 0.5) is 0 Å². The van der Waals surface area contributed by atoms with Gasteiger partial charge >= 0.3 is 198 Å². The monoisotopic (exact) mass is 546 g/mol. The Morgan fingerprint density at radius 2 is 1.27 bits per heavy atom. The fraction of sp³-hybridized carbons (Fsp3) is 0.259. The van der Waals surface area contributed by atoms with Crippen LogP contribution in [0.15, 0.2) is 73.3 Å². The molecule has 0 aliphatic carbocycles. The summed E-state index contributed by atoms with van der Waals surface area (Å²) in [5.41, 5.74) is 7.41. The van der Waals surface area contributed by atoms with E-state index in [1.807, 2.05) is 30.3 Å². The summed E-state index contributed by atoms with van der Waals surface area (Å²) >= 11 is 11.2. The molecule has 3 aromatic rings. The molecule has 0 nitrogen and oxygen atoms in total. The molecule has 30 heavy (non-hydrogen) atoms. The molecule has 3 heteroatoms. The van der Waals surface area contributed by atoms with Gasteiger partial charge in [-0.2, -0.15) is 0 Å². The van der Waals surface area contributed by atoms with Crippen molar-refractivity contribution >= 4 is 43.0 Å². The number of halogens is 3. The molecule has 0 spiro atoms. The minimum absolute atomic E-state index is 0.485. The van der Waals surface area contributed by atoms with Crippen molar-refractivity contribution in [1.82, 2.24) is 0 Å². The van der Waals surface area contributed by atoms with E-state index in [2.05, 4.69) is 43.0 Å². The Morgan fingerprint density at radius 1 is 0.800 bits per heavy atom. The molecule has 0 saturated heterocycles. The first kappa shape index (κ1) is 20.6. The molecule has 154 valence electrons. The predicted octanol–water partition coefficient (Wildman–Crippen LogP) is 8.47. The van der Waals surface area contributed by atoms with Crippen LogP contribution in [-0.2, 0) is 6.42 Å². The van der Waals surface area contributed by atoms with Crippen molar-refractivity contribution < 1.29 is 0 Å². The van der Waals surface area contributed by atoms with E-state index in [0.717, 1.165) is 16.5 Å². The van der Waals surface area contributed by atoms with E-state index in [9.17, 15) is 0 Å². The van der Waals surface area contributed by atoms with Crippen molar-refractivity contribution in [3.8, 4) is 0 Å². The van der Waals surface area contributed by atoms with Gasteiger partial charge in [0.2, 0.25) is 0 Å². The molecule has 0 radical (unpaired) electrons. The van der Waals surface area contributed by atoms with Crippen LogP contribution in [0.25, 0.3) is 0 Å². The molecule has 2 atom stereocenters. The molecule has 0 bridgehead atoms. The van der Waals surface area contributed by atoms with Crippen molar-refractivity contribution in [2.24, 2.45) is 0 Å². The molecule has 3 aromatic carbocycles. The average Bonchev–Trinajstić information content (AvgIpc) is 2.76. The summed E-state index contributed by atoms with van der Waals surface area (Å²) in [6.07, 6.45) is 5.52. The van der Waals surface area contributed by atoms with E-state index in [1.165, 1.54) is 38.4 Å². The first-order chi connectivity index (χ1) is 14.6. The second kappa shape index (κ2) is 8.68. The number of rotatable bonds is 4. The predicted molar refractivity (Wildman–Crippen MR) is 139 cm³/mol. The van der Waals surface area contributed by atoms with Gasteiger partial charge in [0.25, 0.3) is 0 Å². The maximum atomic E-state index is 6.18. The first-order valence-corrected chi connectivity index (χ1v) is 15.4. The van der Waals surface area contributed by atoms with Gasteiger partial charge in [0, 0.05) is 0 Å². The molecule has 2 aliphatic heterocycles. The fourth-order valence-corrected chi connectivity index (χ4v) is 12.4. The van der Waals surface area contributed by atoms with Gasteiger partial charge in [-0.25, -0.2) is 0 Å². The summed E-state index contributed by atoms with van der Waals surface area (Å²) in [7, 11) is 0. The third kappa shape index (κ3) is 3.85. The van der Waals surface area contributed by atoms with Gasteiger partial charge in [-0.1, -0.05) is 0 Å². The van der Waals surface area contributed by atoms with E-state index in [0.29, 0.717) is 11.8 Å². The Balaban J connectivity index is 1.67. The minimum atomic E-state index is -1.12.